The molecule has 0 aliphatic heterocycles. The lowest BCUT2D eigenvalue weighted by Gasteiger charge is -2.15. The van der Waals surface area contributed by atoms with Crippen molar-refractivity contribution < 1.29 is 25.2 Å². The van der Waals surface area contributed by atoms with Crippen LogP contribution in [0, 0.1) is 0 Å². The van der Waals surface area contributed by atoms with Crippen LogP contribution in [0.4, 0.5) is 0 Å². The summed E-state index contributed by atoms with van der Waals surface area (Å²) in [5.41, 5.74) is 0. The van der Waals surface area contributed by atoms with Gasteiger partial charge in [-0.05, 0) is 6.92 Å². The van der Waals surface area contributed by atoms with E-state index in [4.69, 9.17) is 20.4 Å². The topological polar surface area (TPSA) is 98.0 Å². The lowest BCUT2D eigenvalue weighted by molar-refractivity contribution is -0.157. The standard InChI is InChI=1S/C5H10O5/c1-2(6)3(7)4(8)5(9)10/h2-4,6-8H,1H3,(H,9,10)/t2-,3-,4+/m0/s1. The largest absolute Gasteiger partial charge is 0.479 e. The molecule has 0 spiro atoms. The Morgan fingerprint density at radius 2 is 1.70 bits per heavy atom. The number of carboxylic acids is 1. The van der Waals surface area contributed by atoms with Gasteiger partial charge in [0.25, 0.3) is 0 Å². The van der Waals surface area contributed by atoms with Crippen LogP contribution in [-0.4, -0.2) is 44.7 Å². The Morgan fingerprint density at radius 3 is 1.80 bits per heavy atom. The first-order chi connectivity index (χ1) is 4.46. The van der Waals surface area contributed by atoms with Gasteiger partial charge in [0.2, 0.25) is 0 Å². The Bertz CT molecular complexity index is 121. The predicted octanol–water partition coefficient (Wildman–Crippen LogP) is -1.83. The van der Waals surface area contributed by atoms with E-state index >= 15 is 0 Å². The van der Waals surface area contributed by atoms with E-state index in [2.05, 4.69) is 0 Å². The first-order valence-corrected chi connectivity index (χ1v) is 2.74. The molecule has 0 aliphatic rings. The quantitative estimate of drug-likeness (QED) is 0.379. The summed E-state index contributed by atoms with van der Waals surface area (Å²) >= 11 is 0. The summed E-state index contributed by atoms with van der Waals surface area (Å²) in [6, 6.07) is 0. The minimum absolute atomic E-state index is 1.19. The second-order valence-electron chi connectivity index (χ2n) is 2.01. The van der Waals surface area contributed by atoms with E-state index in [-0.39, 0.29) is 0 Å². The molecule has 60 valence electrons. The Kier molecular flexibility index (Phi) is 3.27. The van der Waals surface area contributed by atoms with Crippen LogP contribution in [0.5, 0.6) is 0 Å². The van der Waals surface area contributed by atoms with Crippen LogP contribution in [0.15, 0.2) is 0 Å². The molecule has 0 saturated heterocycles. The zero-order valence-corrected chi connectivity index (χ0v) is 5.43. The molecule has 0 heterocycles. The number of rotatable bonds is 3. The minimum atomic E-state index is -1.92. The highest BCUT2D eigenvalue weighted by Gasteiger charge is 2.26. The van der Waals surface area contributed by atoms with Crippen molar-refractivity contribution in [2.24, 2.45) is 0 Å². The lowest BCUT2D eigenvalue weighted by Crippen LogP contribution is -2.40. The highest BCUT2D eigenvalue weighted by atomic mass is 16.4. The van der Waals surface area contributed by atoms with E-state index < -0.39 is 24.3 Å². The second kappa shape index (κ2) is 3.50. The normalized spacial score (nSPS) is 19.6. The molecule has 5 heteroatoms. The van der Waals surface area contributed by atoms with E-state index in [1.807, 2.05) is 0 Å². The van der Waals surface area contributed by atoms with Gasteiger partial charge in [-0.2, -0.15) is 0 Å². The molecule has 3 atom stereocenters. The second-order valence-corrected chi connectivity index (χ2v) is 2.01. The molecule has 0 saturated carbocycles. The fourth-order valence-electron chi connectivity index (χ4n) is 0.410. The molecule has 0 amide bonds. The molecule has 0 aromatic heterocycles. The summed E-state index contributed by atoms with van der Waals surface area (Å²) in [6.07, 6.45) is -4.79. The first-order valence-electron chi connectivity index (χ1n) is 2.74. The number of aliphatic carboxylic acids is 1. The highest BCUT2D eigenvalue weighted by Crippen LogP contribution is 1.98. The molecule has 10 heavy (non-hydrogen) atoms. The minimum Gasteiger partial charge on any atom is -0.479 e. The van der Waals surface area contributed by atoms with Crippen molar-refractivity contribution in [2.45, 2.75) is 25.2 Å². The van der Waals surface area contributed by atoms with Crippen LogP contribution >= 0.6 is 0 Å². The van der Waals surface area contributed by atoms with Crippen LogP contribution in [0.2, 0.25) is 0 Å². The third kappa shape index (κ3) is 2.30. The van der Waals surface area contributed by atoms with Gasteiger partial charge in [0, 0.05) is 0 Å². The molecule has 5 nitrogen and oxygen atoms in total. The molecule has 0 bridgehead atoms. The maximum atomic E-state index is 9.92. The zero-order chi connectivity index (χ0) is 8.31. The van der Waals surface area contributed by atoms with Crippen LogP contribution in [-0.2, 0) is 4.79 Å². The molecular weight excluding hydrogens is 140 g/mol. The molecule has 0 radical (unpaired) electrons. The van der Waals surface area contributed by atoms with Crippen LogP contribution in [0.3, 0.4) is 0 Å². The van der Waals surface area contributed by atoms with E-state index in [0.29, 0.717) is 0 Å². The molecule has 0 aliphatic carbocycles. The van der Waals surface area contributed by atoms with Crippen molar-refractivity contribution in [3.05, 3.63) is 0 Å². The van der Waals surface area contributed by atoms with E-state index in [9.17, 15) is 4.79 Å². The van der Waals surface area contributed by atoms with E-state index in [1.165, 1.54) is 6.92 Å². The Hall–Kier alpha value is -0.650. The van der Waals surface area contributed by atoms with Gasteiger partial charge in [-0.1, -0.05) is 0 Å². The zero-order valence-electron chi connectivity index (χ0n) is 5.43. The number of aliphatic hydroxyl groups excluding tert-OH is 3. The van der Waals surface area contributed by atoms with Gasteiger partial charge in [0.1, 0.15) is 6.10 Å². The summed E-state index contributed by atoms with van der Waals surface area (Å²) < 4.78 is 0. The summed E-state index contributed by atoms with van der Waals surface area (Å²) in [4.78, 5) is 9.92. The van der Waals surface area contributed by atoms with Gasteiger partial charge < -0.3 is 20.4 Å². The number of carboxylic acid groups (broad SMARTS) is 1. The smallest absolute Gasteiger partial charge is 0.335 e. The first kappa shape index (κ1) is 9.35. The molecule has 0 aromatic carbocycles. The number of hydrogen-bond donors (Lipinski definition) is 4. The van der Waals surface area contributed by atoms with Crippen molar-refractivity contribution in [3.8, 4) is 0 Å². The Morgan fingerprint density at radius 1 is 1.30 bits per heavy atom. The van der Waals surface area contributed by atoms with Gasteiger partial charge in [-0.25, -0.2) is 4.79 Å². The molecular formula is C5H10O5. The fraction of sp³-hybridized carbons (Fsp3) is 0.800. The Labute approximate surface area is 57.5 Å². The molecule has 0 unspecified atom stereocenters. The third-order valence-electron chi connectivity index (χ3n) is 1.07. The number of aliphatic hydroxyl groups is 3. The molecule has 0 fully saturated rings. The average molecular weight is 150 g/mol. The van der Waals surface area contributed by atoms with E-state index in [1.54, 1.807) is 0 Å². The van der Waals surface area contributed by atoms with Gasteiger partial charge in [0.15, 0.2) is 6.10 Å². The SMILES string of the molecule is C[C@H](O)[C@H](O)[C@@H](O)C(=O)O. The molecule has 0 rings (SSSR count). The Balaban J connectivity index is 3.94. The fourth-order valence-corrected chi connectivity index (χ4v) is 0.410. The molecule has 0 aromatic rings. The monoisotopic (exact) mass is 150 g/mol. The van der Waals surface area contributed by atoms with Gasteiger partial charge in [-0.3, -0.25) is 0 Å². The number of hydrogen-bond acceptors (Lipinski definition) is 4. The maximum Gasteiger partial charge on any atom is 0.335 e. The van der Waals surface area contributed by atoms with Crippen LogP contribution in [0.25, 0.3) is 0 Å². The summed E-state index contributed by atoms with van der Waals surface area (Å²) in [7, 11) is 0. The van der Waals surface area contributed by atoms with Crippen molar-refractivity contribution in [3.63, 3.8) is 0 Å². The average Bonchev–Trinajstić information content (AvgIpc) is 1.84. The van der Waals surface area contributed by atoms with Crippen molar-refractivity contribution in [1.82, 2.24) is 0 Å². The van der Waals surface area contributed by atoms with Crippen LogP contribution in [0.1, 0.15) is 6.92 Å². The number of carbonyl (C=O) groups is 1. The van der Waals surface area contributed by atoms with Gasteiger partial charge in [-0.15, -0.1) is 0 Å². The highest BCUT2D eigenvalue weighted by molar-refractivity contribution is 5.72. The predicted molar refractivity (Wildman–Crippen MR) is 31.3 cm³/mol. The van der Waals surface area contributed by atoms with E-state index in [0.717, 1.165) is 0 Å². The lowest BCUT2D eigenvalue weighted by atomic mass is 10.1. The summed E-state index contributed by atoms with van der Waals surface area (Å²) in [6.45, 7) is 1.19. The van der Waals surface area contributed by atoms with Crippen molar-refractivity contribution >= 4 is 5.97 Å². The summed E-state index contributed by atoms with van der Waals surface area (Å²) in [5.74, 6) is -1.55. The maximum absolute atomic E-state index is 9.92. The van der Waals surface area contributed by atoms with Crippen molar-refractivity contribution in [1.29, 1.82) is 0 Å². The van der Waals surface area contributed by atoms with Crippen molar-refractivity contribution in [2.75, 3.05) is 0 Å². The summed E-state index contributed by atoms with van der Waals surface area (Å²) in [5, 5.41) is 33.9. The third-order valence-corrected chi connectivity index (χ3v) is 1.07. The van der Waals surface area contributed by atoms with Gasteiger partial charge >= 0.3 is 5.97 Å². The molecule has 4 N–H and O–H groups in total. The van der Waals surface area contributed by atoms with Gasteiger partial charge in [0.05, 0.1) is 6.10 Å². The van der Waals surface area contributed by atoms with Crippen LogP contribution < -0.4 is 0 Å².